The number of aromatic amines is 1. The molecule has 2 aromatic rings. The summed E-state index contributed by atoms with van der Waals surface area (Å²) < 4.78 is 0. The fourth-order valence-electron chi connectivity index (χ4n) is 1.76. The number of hydrogen-bond acceptors (Lipinski definition) is 4. The highest BCUT2D eigenvalue weighted by Gasteiger charge is 2.17. The summed E-state index contributed by atoms with van der Waals surface area (Å²) in [5.74, 6) is -0.871. The second kappa shape index (κ2) is 5.96. The first kappa shape index (κ1) is 13.7. The third kappa shape index (κ3) is 3.00. The number of aromatic nitrogens is 3. The van der Waals surface area contributed by atoms with Crippen molar-refractivity contribution in [2.75, 3.05) is 0 Å². The van der Waals surface area contributed by atoms with E-state index in [0.29, 0.717) is 12.2 Å². The van der Waals surface area contributed by atoms with Gasteiger partial charge >= 0.3 is 5.97 Å². The molecule has 0 bridgehead atoms. The summed E-state index contributed by atoms with van der Waals surface area (Å²) >= 11 is 0. The Morgan fingerprint density at radius 2 is 2.20 bits per heavy atom. The van der Waals surface area contributed by atoms with Crippen molar-refractivity contribution in [3.63, 3.8) is 0 Å². The normalized spacial score (nSPS) is 11.8. The molecular formula is C13H14N4O3. The van der Waals surface area contributed by atoms with Gasteiger partial charge in [-0.2, -0.15) is 0 Å². The zero-order valence-electron chi connectivity index (χ0n) is 10.8. The minimum Gasteiger partial charge on any atom is -0.477 e. The molecule has 2 rings (SSSR count). The molecule has 20 heavy (non-hydrogen) atoms. The Kier molecular flexibility index (Phi) is 4.09. The molecule has 0 spiro atoms. The van der Waals surface area contributed by atoms with Crippen LogP contribution in [-0.4, -0.2) is 31.9 Å². The Morgan fingerprint density at radius 1 is 1.40 bits per heavy atom. The fraction of sp³-hybridized carbons (Fsp3) is 0.231. The van der Waals surface area contributed by atoms with Gasteiger partial charge in [-0.15, -0.1) is 0 Å². The Morgan fingerprint density at radius 3 is 2.80 bits per heavy atom. The number of H-pyrrole nitrogens is 1. The van der Waals surface area contributed by atoms with Crippen LogP contribution in [0.3, 0.4) is 0 Å². The van der Waals surface area contributed by atoms with Crippen molar-refractivity contribution < 1.29 is 14.7 Å². The van der Waals surface area contributed by atoms with Crippen LogP contribution in [0.5, 0.6) is 0 Å². The van der Waals surface area contributed by atoms with Crippen LogP contribution in [0.25, 0.3) is 0 Å². The molecule has 0 aromatic carbocycles. The quantitative estimate of drug-likeness (QED) is 0.763. The highest BCUT2D eigenvalue weighted by Crippen LogP contribution is 2.13. The van der Waals surface area contributed by atoms with Crippen molar-refractivity contribution in [1.29, 1.82) is 0 Å². The van der Waals surface area contributed by atoms with Crippen LogP contribution in [0, 0.1) is 0 Å². The lowest BCUT2D eigenvalue weighted by atomic mass is 10.1. The van der Waals surface area contributed by atoms with Gasteiger partial charge in [-0.25, -0.2) is 14.8 Å². The van der Waals surface area contributed by atoms with Crippen molar-refractivity contribution in [3.05, 3.63) is 47.8 Å². The second-order valence-corrected chi connectivity index (χ2v) is 4.14. The molecule has 0 aliphatic carbocycles. The van der Waals surface area contributed by atoms with Crippen molar-refractivity contribution in [2.45, 2.75) is 19.4 Å². The molecule has 7 heteroatoms. The highest BCUT2D eigenvalue weighted by atomic mass is 16.4. The van der Waals surface area contributed by atoms with Crippen molar-refractivity contribution in [3.8, 4) is 0 Å². The molecule has 2 aromatic heterocycles. The average Bonchev–Trinajstić information content (AvgIpc) is 2.98. The molecule has 0 saturated carbocycles. The SMILES string of the molecule is CCC(NC(=O)c1ccnc(C(=O)O)c1)c1ncc[nH]1. The zero-order chi connectivity index (χ0) is 14.5. The lowest BCUT2D eigenvalue weighted by molar-refractivity contribution is 0.0690. The number of carbonyl (C=O) groups excluding carboxylic acids is 1. The third-order valence-corrected chi connectivity index (χ3v) is 2.80. The first-order valence-electron chi connectivity index (χ1n) is 6.11. The van der Waals surface area contributed by atoms with Gasteiger partial charge in [0, 0.05) is 24.2 Å². The molecule has 1 atom stereocenters. The van der Waals surface area contributed by atoms with E-state index in [4.69, 9.17) is 5.11 Å². The predicted octanol–water partition coefficient (Wildman–Crippen LogP) is 1.38. The average molecular weight is 274 g/mol. The topological polar surface area (TPSA) is 108 Å². The van der Waals surface area contributed by atoms with Gasteiger partial charge in [0.1, 0.15) is 11.5 Å². The van der Waals surface area contributed by atoms with E-state index < -0.39 is 5.97 Å². The van der Waals surface area contributed by atoms with Crippen LogP contribution in [0.4, 0.5) is 0 Å². The van der Waals surface area contributed by atoms with E-state index in [0.717, 1.165) is 0 Å². The van der Waals surface area contributed by atoms with Gasteiger partial charge in [-0.3, -0.25) is 4.79 Å². The molecular weight excluding hydrogens is 260 g/mol. The first-order chi connectivity index (χ1) is 9.61. The van der Waals surface area contributed by atoms with E-state index in [2.05, 4.69) is 20.3 Å². The van der Waals surface area contributed by atoms with Gasteiger partial charge in [0.15, 0.2) is 0 Å². The number of carboxylic acids is 1. The summed E-state index contributed by atoms with van der Waals surface area (Å²) in [7, 11) is 0. The monoisotopic (exact) mass is 274 g/mol. The second-order valence-electron chi connectivity index (χ2n) is 4.14. The minimum atomic E-state index is -1.17. The van der Waals surface area contributed by atoms with Gasteiger partial charge in [-0.05, 0) is 18.6 Å². The molecule has 3 N–H and O–H groups in total. The molecule has 1 amide bonds. The molecule has 0 aliphatic rings. The number of nitrogens with zero attached hydrogens (tertiary/aromatic N) is 2. The molecule has 0 aliphatic heterocycles. The van der Waals surface area contributed by atoms with Gasteiger partial charge in [-0.1, -0.05) is 6.92 Å². The third-order valence-electron chi connectivity index (χ3n) is 2.80. The predicted molar refractivity (Wildman–Crippen MR) is 70.3 cm³/mol. The van der Waals surface area contributed by atoms with Crippen LogP contribution in [0.1, 0.15) is 46.1 Å². The Hall–Kier alpha value is -2.70. The van der Waals surface area contributed by atoms with Crippen molar-refractivity contribution in [2.24, 2.45) is 0 Å². The molecule has 0 radical (unpaired) electrons. The lowest BCUT2D eigenvalue weighted by Crippen LogP contribution is -2.29. The van der Waals surface area contributed by atoms with Gasteiger partial charge in [0.2, 0.25) is 0 Å². The van der Waals surface area contributed by atoms with E-state index in [9.17, 15) is 9.59 Å². The van der Waals surface area contributed by atoms with Gasteiger partial charge < -0.3 is 15.4 Å². The van der Waals surface area contributed by atoms with Crippen molar-refractivity contribution >= 4 is 11.9 Å². The number of carboxylic acid groups (broad SMARTS) is 1. The van der Waals surface area contributed by atoms with Crippen LogP contribution in [0.2, 0.25) is 0 Å². The summed E-state index contributed by atoms with van der Waals surface area (Å²) in [5.41, 5.74) is 0.0890. The summed E-state index contributed by atoms with van der Waals surface area (Å²) in [4.78, 5) is 33.7. The largest absolute Gasteiger partial charge is 0.477 e. The van der Waals surface area contributed by atoms with Gasteiger partial charge in [0.05, 0.1) is 6.04 Å². The maximum atomic E-state index is 12.1. The molecule has 7 nitrogen and oxygen atoms in total. The number of pyridine rings is 1. The number of amides is 1. The van der Waals surface area contributed by atoms with E-state index in [1.165, 1.54) is 18.3 Å². The Bertz CT molecular complexity index is 610. The fourth-order valence-corrected chi connectivity index (χ4v) is 1.76. The Labute approximate surface area is 115 Å². The molecule has 2 heterocycles. The van der Waals surface area contributed by atoms with Gasteiger partial charge in [0.25, 0.3) is 5.91 Å². The zero-order valence-corrected chi connectivity index (χ0v) is 10.8. The van der Waals surface area contributed by atoms with Crippen LogP contribution < -0.4 is 5.32 Å². The molecule has 0 fully saturated rings. The van der Waals surface area contributed by atoms with Crippen LogP contribution in [-0.2, 0) is 0 Å². The highest BCUT2D eigenvalue weighted by molar-refractivity contribution is 5.96. The maximum absolute atomic E-state index is 12.1. The summed E-state index contributed by atoms with van der Waals surface area (Å²) in [6, 6.07) is 2.46. The summed E-state index contributed by atoms with van der Waals surface area (Å²) in [6.45, 7) is 1.92. The van der Waals surface area contributed by atoms with E-state index in [1.807, 2.05) is 6.92 Å². The van der Waals surface area contributed by atoms with Crippen molar-refractivity contribution in [1.82, 2.24) is 20.3 Å². The summed E-state index contributed by atoms with van der Waals surface area (Å²) in [6.07, 6.45) is 5.25. The number of rotatable bonds is 5. The number of imidazole rings is 1. The Balaban J connectivity index is 2.15. The number of carbonyl (C=O) groups is 2. The van der Waals surface area contributed by atoms with E-state index >= 15 is 0 Å². The number of nitrogens with one attached hydrogen (secondary N) is 2. The lowest BCUT2D eigenvalue weighted by Gasteiger charge is -2.14. The van der Waals surface area contributed by atoms with E-state index in [-0.39, 0.29) is 23.2 Å². The molecule has 1 unspecified atom stereocenters. The first-order valence-corrected chi connectivity index (χ1v) is 6.11. The van der Waals surface area contributed by atoms with Crippen LogP contribution in [0.15, 0.2) is 30.7 Å². The number of hydrogen-bond donors (Lipinski definition) is 3. The standard InChI is InChI=1S/C13H14N4O3/c1-2-9(11-15-5-6-16-11)17-12(18)8-3-4-14-10(7-8)13(19)20/h3-7,9H,2H2,1H3,(H,15,16)(H,17,18)(H,19,20). The molecule has 104 valence electrons. The maximum Gasteiger partial charge on any atom is 0.354 e. The smallest absolute Gasteiger partial charge is 0.354 e. The number of aromatic carboxylic acids is 1. The summed E-state index contributed by atoms with van der Waals surface area (Å²) in [5, 5.41) is 11.7. The minimum absolute atomic E-state index is 0.163. The van der Waals surface area contributed by atoms with Crippen LogP contribution >= 0.6 is 0 Å². The molecule has 0 saturated heterocycles. The van der Waals surface area contributed by atoms with E-state index in [1.54, 1.807) is 12.4 Å².